The van der Waals surface area contributed by atoms with Crippen LogP contribution in [0.25, 0.3) is 0 Å². The second kappa shape index (κ2) is 5.45. The topological polar surface area (TPSA) is 69.8 Å². The van der Waals surface area contributed by atoms with Crippen molar-refractivity contribution in [3.8, 4) is 6.07 Å². The maximum atomic E-state index is 10.5. The van der Waals surface area contributed by atoms with Crippen LogP contribution in [0.3, 0.4) is 0 Å². The molecule has 4 heteroatoms. The lowest BCUT2D eigenvalue weighted by molar-refractivity contribution is 0.0156. The van der Waals surface area contributed by atoms with Crippen LogP contribution >= 0.6 is 0 Å². The minimum atomic E-state index is -0.806. The molecule has 0 aliphatic heterocycles. The van der Waals surface area contributed by atoms with Crippen LogP contribution in [-0.2, 0) is 0 Å². The van der Waals surface area contributed by atoms with Gasteiger partial charge in [-0.3, -0.25) is 0 Å². The van der Waals surface area contributed by atoms with E-state index in [1.165, 1.54) is 6.33 Å². The number of nitrogens with zero attached hydrogens (tertiary/aromatic N) is 3. The molecule has 1 N–H and O–H groups in total. The van der Waals surface area contributed by atoms with Crippen LogP contribution in [0, 0.1) is 22.7 Å². The zero-order chi connectivity index (χ0) is 13.0. The van der Waals surface area contributed by atoms with E-state index in [1.54, 1.807) is 12.3 Å². The number of nitriles is 1. The lowest BCUT2D eigenvalue weighted by Crippen LogP contribution is -2.34. The SMILES string of the molecule is CCC1CCCC(C#N)(C(O)c2ccncn2)C1. The summed E-state index contributed by atoms with van der Waals surface area (Å²) in [6.07, 6.45) is 6.99. The van der Waals surface area contributed by atoms with E-state index in [1.807, 2.05) is 0 Å². The molecule has 1 aliphatic rings. The summed E-state index contributed by atoms with van der Waals surface area (Å²) < 4.78 is 0. The van der Waals surface area contributed by atoms with Crippen molar-refractivity contribution in [1.82, 2.24) is 9.97 Å². The molecule has 4 nitrogen and oxygen atoms in total. The van der Waals surface area contributed by atoms with E-state index >= 15 is 0 Å². The van der Waals surface area contributed by atoms with Crippen LogP contribution < -0.4 is 0 Å². The molecule has 0 bridgehead atoms. The molecule has 3 unspecified atom stereocenters. The predicted molar refractivity (Wildman–Crippen MR) is 67.3 cm³/mol. The van der Waals surface area contributed by atoms with Crippen LogP contribution in [0.2, 0.25) is 0 Å². The average Bonchev–Trinajstić information content (AvgIpc) is 2.47. The zero-order valence-corrected chi connectivity index (χ0v) is 10.7. The van der Waals surface area contributed by atoms with E-state index in [0.29, 0.717) is 11.6 Å². The van der Waals surface area contributed by atoms with Crippen molar-refractivity contribution in [2.75, 3.05) is 0 Å². The Hall–Kier alpha value is -1.47. The Morgan fingerprint density at radius 1 is 1.67 bits per heavy atom. The molecule has 1 fully saturated rings. The highest BCUT2D eigenvalue weighted by atomic mass is 16.3. The molecule has 3 atom stereocenters. The van der Waals surface area contributed by atoms with Crippen molar-refractivity contribution in [2.24, 2.45) is 11.3 Å². The summed E-state index contributed by atoms with van der Waals surface area (Å²) in [5.74, 6) is 0.537. The van der Waals surface area contributed by atoms with Crippen molar-refractivity contribution in [3.05, 3.63) is 24.3 Å². The van der Waals surface area contributed by atoms with Crippen LogP contribution in [0.1, 0.15) is 50.8 Å². The van der Waals surface area contributed by atoms with E-state index in [0.717, 1.165) is 32.1 Å². The minimum absolute atomic E-state index is 0.537. The third-order valence-corrected chi connectivity index (χ3v) is 4.10. The molecule has 0 radical (unpaired) electrons. The van der Waals surface area contributed by atoms with Crippen LogP contribution in [-0.4, -0.2) is 15.1 Å². The van der Waals surface area contributed by atoms with Gasteiger partial charge in [0.1, 0.15) is 12.4 Å². The van der Waals surface area contributed by atoms with Gasteiger partial charge in [-0.15, -0.1) is 0 Å². The first-order valence-electron chi connectivity index (χ1n) is 6.57. The molecule has 1 aromatic rings. The lowest BCUT2D eigenvalue weighted by atomic mass is 9.66. The number of hydrogen-bond acceptors (Lipinski definition) is 4. The van der Waals surface area contributed by atoms with Crippen LogP contribution in [0.15, 0.2) is 18.6 Å². The average molecular weight is 245 g/mol. The van der Waals surface area contributed by atoms with Gasteiger partial charge < -0.3 is 5.11 Å². The molecule has 1 aliphatic carbocycles. The summed E-state index contributed by atoms with van der Waals surface area (Å²) in [5.41, 5.74) is -0.115. The standard InChI is InChI=1S/C14H19N3O/c1-2-11-4-3-6-14(8-11,9-15)13(18)12-5-7-16-10-17-12/h5,7,10-11,13,18H,2-4,6,8H2,1H3. The van der Waals surface area contributed by atoms with E-state index in [-0.39, 0.29) is 0 Å². The van der Waals surface area contributed by atoms with Gasteiger partial charge in [-0.05, 0) is 24.8 Å². The van der Waals surface area contributed by atoms with E-state index in [9.17, 15) is 10.4 Å². The Morgan fingerprint density at radius 3 is 3.11 bits per heavy atom. The normalized spacial score (nSPS) is 29.5. The van der Waals surface area contributed by atoms with E-state index in [2.05, 4.69) is 23.0 Å². The van der Waals surface area contributed by atoms with Gasteiger partial charge in [0.2, 0.25) is 0 Å². The Morgan fingerprint density at radius 2 is 2.50 bits per heavy atom. The van der Waals surface area contributed by atoms with Gasteiger partial charge >= 0.3 is 0 Å². The fourth-order valence-electron chi connectivity index (χ4n) is 2.93. The molecule has 1 aromatic heterocycles. The highest BCUT2D eigenvalue weighted by Crippen LogP contribution is 2.47. The molecule has 96 valence electrons. The first kappa shape index (κ1) is 13.0. The van der Waals surface area contributed by atoms with Gasteiger partial charge in [-0.1, -0.05) is 26.2 Å². The zero-order valence-electron chi connectivity index (χ0n) is 10.7. The molecule has 0 amide bonds. The smallest absolute Gasteiger partial charge is 0.115 e. The minimum Gasteiger partial charge on any atom is -0.385 e. The van der Waals surface area contributed by atoms with Gasteiger partial charge in [0, 0.05) is 6.20 Å². The van der Waals surface area contributed by atoms with Crippen molar-refractivity contribution in [2.45, 2.75) is 45.1 Å². The van der Waals surface area contributed by atoms with Gasteiger partial charge in [0.25, 0.3) is 0 Å². The third-order valence-electron chi connectivity index (χ3n) is 4.10. The third kappa shape index (κ3) is 2.37. The molecule has 2 rings (SSSR count). The number of rotatable bonds is 3. The summed E-state index contributed by atoms with van der Waals surface area (Å²) in [6.45, 7) is 2.15. The molecule has 0 saturated heterocycles. The van der Waals surface area contributed by atoms with Crippen molar-refractivity contribution >= 4 is 0 Å². The summed E-state index contributed by atoms with van der Waals surface area (Å²) in [7, 11) is 0. The summed E-state index contributed by atoms with van der Waals surface area (Å²) in [6, 6.07) is 4.06. The fourth-order valence-corrected chi connectivity index (χ4v) is 2.93. The highest BCUT2D eigenvalue weighted by Gasteiger charge is 2.43. The quantitative estimate of drug-likeness (QED) is 0.888. The number of aromatic nitrogens is 2. The Labute approximate surface area is 108 Å². The molecule has 1 saturated carbocycles. The lowest BCUT2D eigenvalue weighted by Gasteiger charge is -2.38. The summed E-state index contributed by atoms with van der Waals surface area (Å²) >= 11 is 0. The second-order valence-corrected chi connectivity index (χ2v) is 5.18. The number of hydrogen-bond donors (Lipinski definition) is 1. The maximum Gasteiger partial charge on any atom is 0.115 e. The summed E-state index contributed by atoms with van der Waals surface area (Å²) in [4.78, 5) is 7.93. The predicted octanol–water partition coefficient (Wildman–Crippen LogP) is 2.62. The van der Waals surface area contributed by atoms with Crippen molar-refractivity contribution in [1.29, 1.82) is 5.26 Å². The Bertz CT molecular complexity index is 428. The molecule has 0 aromatic carbocycles. The molecule has 0 spiro atoms. The number of aliphatic hydroxyl groups excluding tert-OH is 1. The summed E-state index contributed by atoms with van der Waals surface area (Å²) in [5, 5.41) is 20.0. The molecular formula is C14H19N3O. The van der Waals surface area contributed by atoms with E-state index < -0.39 is 11.5 Å². The van der Waals surface area contributed by atoms with Gasteiger partial charge in [0.05, 0.1) is 17.2 Å². The molecule has 1 heterocycles. The molecule has 18 heavy (non-hydrogen) atoms. The van der Waals surface area contributed by atoms with Gasteiger partial charge in [-0.25, -0.2) is 9.97 Å². The maximum absolute atomic E-state index is 10.5. The second-order valence-electron chi connectivity index (χ2n) is 5.18. The first-order chi connectivity index (χ1) is 8.72. The van der Waals surface area contributed by atoms with E-state index in [4.69, 9.17) is 0 Å². The first-order valence-corrected chi connectivity index (χ1v) is 6.57. The molecular weight excluding hydrogens is 226 g/mol. The van der Waals surface area contributed by atoms with Crippen molar-refractivity contribution in [3.63, 3.8) is 0 Å². The van der Waals surface area contributed by atoms with Crippen molar-refractivity contribution < 1.29 is 5.11 Å². The van der Waals surface area contributed by atoms with Gasteiger partial charge in [0.15, 0.2) is 0 Å². The monoisotopic (exact) mass is 245 g/mol. The van der Waals surface area contributed by atoms with Gasteiger partial charge in [-0.2, -0.15) is 5.26 Å². The fraction of sp³-hybridized carbons (Fsp3) is 0.643. The largest absolute Gasteiger partial charge is 0.385 e. The number of aliphatic hydroxyl groups is 1. The van der Waals surface area contributed by atoms with Crippen LogP contribution in [0.5, 0.6) is 0 Å². The Kier molecular flexibility index (Phi) is 3.93. The van der Waals surface area contributed by atoms with Crippen LogP contribution in [0.4, 0.5) is 0 Å². The Balaban J connectivity index is 2.25. The highest BCUT2D eigenvalue weighted by molar-refractivity contribution is 5.15.